The van der Waals surface area contributed by atoms with E-state index in [4.69, 9.17) is 11.5 Å². The number of aromatic nitrogens is 1. The van der Waals surface area contributed by atoms with Crippen LogP contribution in [0.25, 0.3) is 0 Å². The van der Waals surface area contributed by atoms with Crippen LogP contribution in [0.2, 0.25) is 0 Å². The van der Waals surface area contributed by atoms with E-state index in [9.17, 15) is 8.78 Å². The first-order chi connectivity index (χ1) is 5.65. The molecule has 0 bridgehead atoms. The fourth-order valence-electron chi connectivity index (χ4n) is 0.814. The van der Waals surface area contributed by atoms with Gasteiger partial charge in [0.1, 0.15) is 5.69 Å². The molecule has 1 rings (SSSR count). The van der Waals surface area contributed by atoms with Crippen molar-refractivity contribution in [3.8, 4) is 0 Å². The first-order valence-electron chi connectivity index (χ1n) is 3.38. The van der Waals surface area contributed by atoms with Crippen molar-refractivity contribution in [1.29, 1.82) is 0 Å². The predicted molar refractivity (Wildman–Crippen MR) is 41.5 cm³/mol. The van der Waals surface area contributed by atoms with Gasteiger partial charge >= 0.3 is 0 Å². The van der Waals surface area contributed by atoms with Gasteiger partial charge in [0.05, 0.1) is 11.4 Å². The second kappa shape index (κ2) is 3.44. The molecule has 0 amide bonds. The van der Waals surface area contributed by atoms with E-state index in [0.717, 1.165) is 0 Å². The molecule has 3 nitrogen and oxygen atoms in total. The Morgan fingerprint density at radius 2 is 2.08 bits per heavy atom. The summed E-state index contributed by atoms with van der Waals surface area (Å²) in [5.74, 6) is 0. The molecule has 1 heterocycles. The molecule has 0 aromatic carbocycles. The Kier molecular flexibility index (Phi) is 2.54. The van der Waals surface area contributed by atoms with Crippen LogP contribution in [0.15, 0.2) is 12.1 Å². The zero-order valence-electron chi connectivity index (χ0n) is 6.30. The fourth-order valence-corrected chi connectivity index (χ4v) is 0.814. The van der Waals surface area contributed by atoms with Crippen molar-refractivity contribution in [1.82, 2.24) is 4.98 Å². The van der Waals surface area contributed by atoms with E-state index in [1.807, 2.05) is 0 Å². The lowest BCUT2D eigenvalue weighted by atomic mass is 10.2. The largest absolute Gasteiger partial charge is 0.397 e. The van der Waals surface area contributed by atoms with E-state index in [0.29, 0.717) is 11.4 Å². The molecule has 12 heavy (non-hydrogen) atoms. The molecule has 0 radical (unpaired) electrons. The van der Waals surface area contributed by atoms with Crippen molar-refractivity contribution in [3.63, 3.8) is 0 Å². The van der Waals surface area contributed by atoms with Crippen molar-refractivity contribution in [3.05, 3.63) is 23.5 Å². The third-order valence-electron chi connectivity index (χ3n) is 1.45. The van der Waals surface area contributed by atoms with Gasteiger partial charge < -0.3 is 11.5 Å². The summed E-state index contributed by atoms with van der Waals surface area (Å²) < 4.78 is 24.1. The molecule has 0 aliphatic carbocycles. The van der Waals surface area contributed by atoms with Crippen LogP contribution in [-0.4, -0.2) is 4.98 Å². The van der Waals surface area contributed by atoms with Gasteiger partial charge in [0.25, 0.3) is 6.43 Å². The normalized spacial score (nSPS) is 10.7. The maximum absolute atomic E-state index is 12.1. The maximum atomic E-state index is 12.1. The average Bonchev–Trinajstić information content (AvgIpc) is 2.05. The lowest BCUT2D eigenvalue weighted by molar-refractivity contribution is 0.146. The smallest absolute Gasteiger partial charge is 0.280 e. The van der Waals surface area contributed by atoms with Gasteiger partial charge in [-0.1, -0.05) is 0 Å². The molecule has 0 saturated heterocycles. The fraction of sp³-hybridized carbons (Fsp3) is 0.286. The molecule has 4 N–H and O–H groups in total. The Morgan fingerprint density at radius 1 is 1.42 bits per heavy atom. The highest BCUT2D eigenvalue weighted by Gasteiger charge is 2.09. The highest BCUT2D eigenvalue weighted by Crippen LogP contribution is 2.18. The van der Waals surface area contributed by atoms with Crippen molar-refractivity contribution < 1.29 is 8.78 Å². The number of hydrogen-bond donors (Lipinski definition) is 2. The number of nitrogens with two attached hydrogens (primary N) is 2. The van der Waals surface area contributed by atoms with Crippen LogP contribution in [-0.2, 0) is 6.54 Å². The highest BCUT2D eigenvalue weighted by molar-refractivity contribution is 5.43. The Labute approximate surface area is 68.4 Å². The molecule has 0 fully saturated rings. The van der Waals surface area contributed by atoms with Gasteiger partial charge in [0.2, 0.25) is 0 Å². The minimum absolute atomic E-state index is 0.0758. The predicted octanol–water partition coefficient (Wildman–Crippen LogP) is 1.06. The zero-order chi connectivity index (χ0) is 9.14. The average molecular weight is 173 g/mol. The van der Waals surface area contributed by atoms with Crippen molar-refractivity contribution in [2.24, 2.45) is 5.73 Å². The van der Waals surface area contributed by atoms with Crippen LogP contribution in [0.4, 0.5) is 14.5 Å². The Morgan fingerprint density at radius 3 is 2.58 bits per heavy atom. The number of nitrogens with zero attached hydrogens (tertiary/aromatic N) is 1. The molecule has 0 saturated carbocycles. The lowest BCUT2D eigenvalue weighted by Crippen LogP contribution is -2.06. The minimum Gasteiger partial charge on any atom is -0.397 e. The Bertz CT molecular complexity index is 275. The molecule has 0 unspecified atom stereocenters. The van der Waals surface area contributed by atoms with Gasteiger partial charge in [-0.05, 0) is 12.1 Å². The van der Waals surface area contributed by atoms with Crippen LogP contribution < -0.4 is 11.5 Å². The Balaban J connectivity index is 3.05. The van der Waals surface area contributed by atoms with Gasteiger partial charge in [-0.2, -0.15) is 0 Å². The van der Waals surface area contributed by atoms with Crippen LogP contribution in [0.5, 0.6) is 0 Å². The van der Waals surface area contributed by atoms with Crippen LogP contribution in [0.3, 0.4) is 0 Å². The molecular weight excluding hydrogens is 164 g/mol. The summed E-state index contributed by atoms with van der Waals surface area (Å²) in [6.45, 7) is 0.0758. The quantitative estimate of drug-likeness (QED) is 0.702. The van der Waals surface area contributed by atoms with E-state index in [1.54, 1.807) is 0 Å². The standard InChI is InChI=1S/C7H9F2N3/c8-7(9)5-2-1-4(11)6(3-10)12-5/h1-2,7H,3,10-11H2. The molecule has 5 heteroatoms. The number of anilines is 1. The van der Waals surface area contributed by atoms with Crippen molar-refractivity contribution in [2.45, 2.75) is 13.0 Å². The monoisotopic (exact) mass is 173 g/mol. The first kappa shape index (κ1) is 8.86. The van der Waals surface area contributed by atoms with E-state index >= 15 is 0 Å². The lowest BCUT2D eigenvalue weighted by Gasteiger charge is -2.04. The number of rotatable bonds is 2. The summed E-state index contributed by atoms with van der Waals surface area (Å²) in [5, 5.41) is 0. The molecule has 1 aromatic rings. The molecule has 0 atom stereocenters. The van der Waals surface area contributed by atoms with Crippen LogP contribution in [0.1, 0.15) is 17.8 Å². The summed E-state index contributed by atoms with van der Waals surface area (Å²) in [5.41, 5.74) is 11.0. The summed E-state index contributed by atoms with van der Waals surface area (Å²) in [6, 6.07) is 2.58. The second-order valence-corrected chi connectivity index (χ2v) is 2.28. The molecule has 0 aliphatic rings. The van der Waals surface area contributed by atoms with E-state index in [1.165, 1.54) is 12.1 Å². The van der Waals surface area contributed by atoms with Crippen molar-refractivity contribution >= 4 is 5.69 Å². The van der Waals surface area contributed by atoms with Crippen molar-refractivity contribution in [2.75, 3.05) is 5.73 Å². The number of halogens is 2. The maximum Gasteiger partial charge on any atom is 0.280 e. The van der Waals surface area contributed by atoms with Crippen LogP contribution >= 0.6 is 0 Å². The van der Waals surface area contributed by atoms with Gasteiger partial charge in [-0.15, -0.1) is 0 Å². The Hall–Kier alpha value is -1.23. The van der Waals surface area contributed by atoms with Gasteiger partial charge in [0, 0.05) is 6.54 Å². The summed E-state index contributed by atoms with van der Waals surface area (Å²) in [7, 11) is 0. The first-order valence-corrected chi connectivity index (χ1v) is 3.38. The van der Waals surface area contributed by atoms with E-state index < -0.39 is 6.43 Å². The van der Waals surface area contributed by atoms with Gasteiger partial charge in [0.15, 0.2) is 0 Å². The summed E-state index contributed by atoms with van der Waals surface area (Å²) in [6.07, 6.45) is -2.57. The summed E-state index contributed by atoms with van der Waals surface area (Å²) >= 11 is 0. The third-order valence-corrected chi connectivity index (χ3v) is 1.45. The summed E-state index contributed by atoms with van der Waals surface area (Å²) in [4.78, 5) is 3.59. The number of alkyl halides is 2. The molecule has 66 valence electrons. The third kappa shape index (κ3) is 1.68. The molecule has 0 aliphatic heterocycles. The second-order valence-electron chi connectivity index (χ2n) is 2.28. The zero-order valence-corrected chi connectivity index (χ0v) is 6.30. The number of nitrogen functional groups attached to an aromatic ring is 1. The van der Waals surface area contributed by atoms with E-state index in [2.05, 4.69) is 4.98 Å². The van der Waals surface area contributed by atoms with Gasteiger partial charge in [-0.25, -0.2) is 13.8 Å². The van der Waals surface area contributed by atoms with Crippen LogP contribution in [0, 0.1) is 0 Å². The molecule has 1 aromatic heterocycles. The molecular formula is C7H9F2N3. The highest BCUT2D eigenvalue weighted by atomic mass is 19.3. The topological polar surface area (TPSA) is 64.9 Å². The van der Waals surface area contributed by atoms with E-state index in [-0.39, 0.29) is 12.2 Å². The SMILES string of the molecule is NCc1nc(C(F)F)ccc1N. The van der Waals surface area contributed by atoms with Gasteiger partial charge in [-0.3, -0.25) is 0 Å². The number of pyridine rings is 1. The molecule has 0 spiro atoms. The minimum atomic E-state index is -2.57. The number of hydrogen-bond acceptors (Lipinski definition) is 3.